The minimum absolute atomic E-state index is 0.0193. The number of amides is 1. The van der Waals surface area contributed by atoms with Crippen molar-refractivity contribution in [3.05, 3.63) is 98.5 Å². The summed E-state index contributed by atoms with van der Waals surface area (Å²) in [5, 5.41) is 14.7. The van der Waals surface area contributed by atoms with Gasteiger partial charge in [-0.1, -0.05) is 59.6 Å². The summed E-state index contributed by atoms with van der Waals surface area (Å²) in [6.45, 7) is -0.649. The zero-order valence-corrected chi connectivity index (χ0v) is 19.1. The molecule has 3 rings (SSSR count). The Morgan fingerprint density at radius 3 is 2.45 bits per heavy atom. The number of carbonyl (C=O) groups is 1. The number of rotatable bonds is 8. The van der Waals surface area contributed by atoms with Gasteiger partial charge in [-0.3, -0.25) is 19.2 Å². The van der Waals surface area contributed by atoms with E-state index in [9.17, 15) is 23.3 Å². The molecule has 0 fully saturated rings. The number of nitro groups is 1. The van der Waals surface area contributed by atoms with Crippen LogP contribution in [0.3, 0.4) is 0 Å². The SMILES string of the molecule is O=C(CN(c1cccc(Cl)c1Cl)S(=O)(=O)c1ccccc1)N/N=C\c1cccc([N+](=O)[O-])c1. The number of nitrogens with one attached hydrogen (secondary N) is 1. The van der Waals surface area contributed by atoms with E-state index in [2.05, 4.69) is 10.5 Å². The predicted molar refractivity (Wildman–Crippen MR) is 126 cm³/mol. The van der Waals surface area contributed by atoms with Crippen molar-refractivity contribution >= 4 is 56.7 Å². The van der Waals surface area contributed by atoms with E-state index in [-0.39, 0.29) is 26.3 Å². The second-order valence-electron chi connectivity index (χ2n) is 6.54. The van der Waals surface area contributed by atoms with E-state index in [0.29, 0.717) is 5.56 Å². The van der Waals surface area contributed by atoms with Gasteiger partial charge < -0.3 is 0 Å². The van der Waals surface area contributed by atoms with Gasteiger partial charge in [0, 0.05) is 17.7 Å². The van der Waals surface area contributed by atoms with E-state index >= 15 is 0 Å². The van der Waals surface area contributed by atoms with Crippen molar-refractivity contribution in [2.45, 2.75) is 4.90 Å². The highest BCUT2D eigenvalue weighted by Gasteiger charge is 2.29. The maximum Gasteiger partial charge on any atom is 0.270 e. The molecule has 0 aliphatic rings. The Hall–Kier alpha value is -3.47. The van der Waals surface area contributed by atoms with Gasteiger partial charge in [0.05, 0.1) is 31.8 Å². The Morgan fingerprint density at radius 2 is 1.76 bits per heavy atom. The number of hydrogen-bond acceptors (Lipinski definition) is 6. The second-order valence-corrected chi connectivity index (χ2v) is 9.19. The van der Waals surface area contributed by atoms with Crippen LogP contribution in [0.4, 0.5) is 11.4 Å². The number of sulfonamides is 1. The summed E-state index contributed by atoms with van der Waals surface area (Å²) >= 11 is 12.3. The highest BCUT2D eigenvalue weighted by Crippen LogP contribution is 2.35. The summed E-state index contributed by atoms with van der Waals surface area (Å²) in [6.07, 6.45) is 1.20. The Kier molecular flexibility index (Phi) is 7.64. The first-order valence-corrected chi connectivity index (χ1v) is 11.5. The Morgan fingerprint density at radius 1 is 1.06 bits per heavy atom. The zero-order valence-electron chi connectivity index (χ0n) is 16.8. The monoisotopic (exact) mass is 506 g/mol. The first kappa shape index (κ1) is 24.2. The van der Waals surface area contributed by atoms with Gasteiger partial charge in [0.1, 0.15) is 6.54 Å². The Labute approximate surface area is 199 Å². The fourth-order valence-electron chi connectivity index (χ4n) is 2.77. The van der Waals surface area contributed by atoms with Gasteiger partial charge in [-0.2, -0.15) is 5.10 Å². The summed E-state index contributed by atoms with van der Waals surface area (Å²) in [6, 6.07) is 17.6. The first-order chi connectivity index (χ1) is 15.7. The number of nitrogens with zero attached hydrogens (tertiary/aromatic N) is 3. The third kappa shape index (κ3) is 5.86. The molecule has 3 aromatic carbocycles. The van der Waals surface area contributed by atoms with Crippen molar-refractivity contribution in [3.63, 3.8) is 0 Å². The lowest BCUT2D eigenvalue weighted by Gasteiger charge is -2.24. The quantitative estimate of drug-likeness (QED) is 0.278. The van der Waals surface area contributed by atoms with Crippen molar-refractivity contribution in [3.8, 4) is 0 Å². The van der Waals surface area contributed by atoms with E-state index in [1.54, 1.807) is 24.3 Å². The lowest BCUT2D eigenvalue weighted by Crippen LogP contribution is -2.39. The van der Waals surface area contributed by atoms with Crippen molar-refractivity contribution in [2.75, 3.05) is 10.8 Å². The molecule has 0 aromatic heterocycles. The number of non-ortho nitro benzene ring substituents is 1. The average Bonchev–Trinajstić information content (AvgIpc) is 2.80. The van der Waals surface area contributed by atoms with Crippen LogP contribution in [0.15, 0.2) is 82.8 Å². The van der Waals surface area contributed by atoms with Gasteiger partial charge in [-0.25, -0.2) is 13.8 Å². The summed E-state index contributed by atoms with van der Waals surface area (Å²) in [4.78, 5) is 22.8. The summed E-state index contributed by atoms with van der Waals surface area (Å²) < 4.78 is 27.4. The molecule has 1 N–H and O–H groups in total. The molecule has 0 bridgehead atoms. The standard InChI is InChI=1S/C21H16Cl2N4O5S/c22-18-10-5-11-19(21(18)23)26(33(31,32)17-8-2-1-3-9-17)14-20(28)25-24-13-15-6-4-7-16(12-15)27(29)30/h1-13H,14H2,(H,25,28)/b24-13-. The molecule has 0 saturated heterocycles. The van der Waals surface area contributed by atoms with Crippen LogP contribution < -0.4 is 9.73 Å². The molecule has 3 aromatic rings. The minimum Gasteiger partial charge on any atom is -0.271 e. The molecule has 170 valence electrons. The molecule has 0 heterocycles. The lowest BCUT2D eigenvalue weighted by molar-refractivity contribution is -0.384. The van der Waals surface area contributed by atoms with E-state index in [4.69, 9.17) is 23.2 Å². The Bertz CT molecular complexity index is 1320. The van der Waals surface area contributed by atoms with Gasteiger partial charge >= 0.3 is 0 Å². The van der Waals surface area contributed by atoms with Gasteiger partial charge in [0.15, 0.2) is 0 Å². The number of hydrazone groups is 1. The number of anilines is 1. The van der Waals surface area contributed by atoms with Crippen molar-refractivity contribution in [2.24, 2.45) is 5.10 Å². The van der Waals surface area contributed by atoms with Crippen LogP contribution >= 0.6 is 23.2 Å². The van der Waals surface area contributed by atoms with E-state index in [0.717, 1.165) is 4.31 Å². The molecule has 0 radical (unpaired) electrons. The van der Waals surface area contributed by atoms with Crippen molar-refractivity contribution in [1.82, 2.24) is 5.43 Å². The third-order valence-corrected chi connectivity index (χ3v) is 6.89. The highest BCUT2D eigenvalue weighted by molar-refractivity contribution is 7.92. The predicted octanol–water partition coefficient (Wildman–Crippen LogP) is 4.25. The van der Waals surface area contributed by atoms with Crippen LogP contribution in [0, 0.1) is 10.1 Å². The van der Waals surface area contributed by atoms with Gasteiger partial charge in [0.25, 0.3) is 21.6 Å². The lowest BCUT2D eigenvalue weighted by atomic mass is 10.2. The molecule has 0 aliphatic carbocycles. The molecule has 1 amide bonds. The molecule has 0 aliphatic heterocycles. The fraction of sp³-hybridized carbons (Fsp3) is 0.0476. The van der Waals surface area contributed by atoms with Crippen LogP contribution in [-0.4, -0.2) is 32.0 Å². The fourth-order valence-corrected chi connectivity index (χ4v) is 4.67. The number of benzene rings is 3. The molecule has 12 heteroatoms. The molecular formula is C21H16Cl2N4O5S. The number of nitro benzene ring substituents is 1. The topological polar surface area (TPSA) is 122 Å². The molecule has 9 nitrogen and oxygen atoms in total. The van der Waals surface area contributed by atoms with E-state index in [1.807, 2.05) is 0 Å². The zero-order chi connectivity index (χ0) is 24.0. The normalized spacial score (nSPS) is 11.3. The summed E-state index contributed by atoms with van der Waals surface area (Å²) in [5.74, 6) is -0.771. The maximum absolute atomic E-state index is 13.3. The van der Waals surface area contributed by atoms with Crippen LogP contribution in [0.25, 0.3) is 0 Å². The first-order valence-electron chi connectivity index (χ1n) is 9.28. The van der Waals surface area contributed by atoms with E-state index in [1.165, 1.54) is 54.7 Å². The molecule has 0 atom stereocenters. The Balaban J connectivity index is 1.86. The van der Waals surface area contributed by atoms with Crippen LogP contribution in [0.5, 0.6) is 0 Å². The van der Waals surface area contributed by atoms with Crippen LogP contribution in [0.1, 0.15) is 5.56 Å². The maximum atomic E-state index is 13.3. The van der Waals surface area contributed by atoms with E-state index < -0.39 is 27.4 Å². The minimum atomic E-state index is -4.18. The molecule has 33 heavy (non-hydrogen) atoms. The summed E-state index contributed by atoms with van der Waals surface area (Å²) in [7, 11) is -4.18. The molecule has 0 spiro atoms. The second kappa shape index (κ2) is 10.4. The van der Waals surface area contributed by atoms with Gasteiger partial charge in [-0.15, -0.1) is 0 Å². The molecule has 0 saturated carbocycles. The number of halogens is 2. The third-order valence-electron chi connectivity index (χ3n) is 4.30. The highest BCUT2D eigenvalue weighted by atomic mass is 35.5. The van der Waals surface area contributed by atoms with Gasteiger partial charge in [-0.05, 0) is 24.3 Å². The van der Waals surface area contributed by atoms with Crippen LogP contribution in [0.2, 0.25) is 10.0 Å². The number of carbonyl (C=O) groups excluding carboxylic acids is 1. The number of hydrogen-bond donors (Lipinski definition) is 1. The summed E-state index contributed by atoms with van der Waals surface area (Å²) in [5.41, 5.74) is 2.47. The van der Waals surface area contributed by atoms with Crippen LogP contribution in [-0.2, 0) is 14.8 Å². The van der Waals surface area contributed by atoms with Crippen molar-refractivity contribution in [1.29, 1.82) is 0 Å². The molecular weight excluding hydrogens is 491 g/mol. The van der Waals surface area contributed by atoms with Gasteiger partial charge in [0.2, 0.25) is 0 Å². The smallest absolute Gasteiger partial charge is 0.270 e. The largest absolute Gasteiger partial charge is 0.271 e. The average molecular weight is 507 g/mol. The molecule has 0 unspecified atom stereocenters. The van der Waals surface area contributed by atoms with Crippen molar-refractivity contribution < 1.29 is 18.1 Å².